The van der Waals surface area contributed by atoms with Crippen molar-refractivity contribution in [2.45, 2.75) is 64.7 Å². The van der Waals surface area contributed by atoms with Gasteiger partial charge in [0.1, 0.15) is 0 Å². The zero-order valence-electron chi connectivity index (χ0n) is 17.3. The Morgan fingerprint density at radius 1 is 0.786 bits per heavy atom. The third-order valence-corrected chi connectivity index (χ3v) is 4.18. The summed E-state index contributed by atoms with van der Waals surface area (Å²) in [6.45, 7) is 2.39. The van der Waals surface area contributed by atoms with Gasteiger partial charge in [0.15, 0.2) is 0 Å². The molecule has 0 heterocycles. The first kappa shape index (κ1) is 29.8. The fourth-order valence-electron chi connectivity index (χ4n) is 2.67. The van der Waals surface area contributed by atoms with Crippen LogP contribution in [0.3, 0.4) is 0 Å². The first-order valence-electron chi connectivity index (χ1n) is 9.21. The summed E-state index contributed by atoms with van der Waals surface area (Å²) in [4.78, 5) is 33.9. The second-order valence-electron chi connectivity index (χ2n) is 6.30. The molecule has 0 amide bonds. The molecule has 8 heteroatoms. The van der Waals surface area contributed by atoms with Gasteiger partial charge in [-0.2, -0.15) is 0 Å². The van der Waals surface area contributed by atoms with Crippen LogP contribution in [0.5, 0.6) is 0 Å². The Hall–Kier alpha value is -0.370. The largest absolute Gasteiger partial charge is 1.00 e. The standard InChI is InChI=1S/C20H28O6.2Na/c1-2-3-4-5-6-7-8-9-10-13-26-20(25)16-12-11-15(18(21)22)14-17(16)19(23)24;;/h11-12,14H,2-10,13H2,1H3,(H,21,22)(H,23,24);;/q;2*+1/p-2. The first-order chi connectivity index (χ1) is 12.5. The summed E-state index contributed by atoms with van der Waals surface area (Å²) < 4.78 is 5.09. The molecule has 0 unspecified atom stereocenters. The van der Waals surface area contributed by atoms with Crippen molar-refractivity contribution < 1.29 is 88.4 Å². The van der Waals surface area contributed by atoms with Crippen LogP contribution in [0.25, 0.3) is 0 Å². The van der Waals surface area contributed by atoms with Gasteiger partial charge in [-0.15, -0.1) is 0 Å². The van der Waals surface area contributed by atoms with Crippen molar-refractivity contribution in [1.29, 1.82) is 0 Å². The van der Waals surface area contributed by atoms with Crippen molar-refractivity contribution in [3.05, 3.63) is 34.9 Å². The van der Waals surface area contributed by atoms with Gasteiger partial charge in [-0.05, 0) is 24.1 Å². The number of esters is 1. The van der Waals surface area contributed by atoms with Crippen LogP contribution in [-0.2, 0) is 4.74 Å². The SMILES string of the molecule is CCCCCCCCCCCOC(=O)c1ccc(C(=O)[O-])cc1C(=O)[O-].[Na+].[Na+]. The molecule has 0 aliphatic rings. The third kappa shape index (κ3) is 11.6. The van der Waals surface area contributed by atoms with Crippen molar-refractivity contribution in [2.75, 3.05) is 6.61 Å². The topological polar surface area (TPSA) is 107 Å². The first-order valence-corrected chi connectivity index (χ1v) is 9.21. The quantitative estimate of drug-likeness (QED) is 0.188. The molecule has 0 aromatic heterocycles. The van der Waals surface area contributed by atoms with Gasteiger partial charge in [-0.1, -0.05) is 64.4 Å². The molecule has 0 spiro atoms. The molecular formula is C20H26Na2O6. The van der Waals surface area contributed by atoms with Crippen molar-refractivity contribution >= 4 is 17.9 Å². The monoisotopic (exact) mass is 408 g/mol. The summed E-state index contributed by atoms with van der Waals surface area (Å²) in [6.07, 6.45) is 10.2. The van der Waals surface area contributed by atoms with Crippen molar-refractivity contribution in [3.63, 3.8) is 0 Å². The molecule has 0 aliphatic heterocycles. The summed E-state index contributed by atoms with van der Waals surface area (Å²) in [7, 11) is 0. The molecular weight excluding hydrogens is 382 g/mol. The Kier molecular flexibility index (Phi) is 18.6. The van der Waals surface area contributed by atoms with Crippen LogP contribution in [0.2, 0.25) is 0 Å². The van der Waals surface area contributed by atoms with Gasteiger partial charge in [0.25, 0.3) is 0 Å². The van der Waals surface area contributed by atoms with Crippen molar-refractivity contribution in [3.8, 4) is 0 Å². The second-order valence-corrected chi connectivity index (χ2v) is 6.30. The number of carbonyl (C=O) groups is 3. The maximum Gasteiger partial charge on any atom is 1.00 e. The molecule has 1 aromatic carbocycles. The molecule has 0 radical (unpaired) electrons. The van der Waals surface area contributed by atoms with Crippen LogP contribution < -0.4 is 69.3 Å². The van der Waals surface area contributed by atoms with Gasteiger partial charge in [0.05, 0.1) is 24.1 Å². The van der Waals surface area contributed by atoms with E-state index in [0.717, 1.165) is 37.5 Å². The third-order valence-electron chi connectivity index (χ3n) is 4.18. The van der Waals surface area contributed by atoms with Gasteiger partial charge in [0.2, 0.25) is 0 Å². The molecule has 0 N–H and O–H groups in total. The summed E-state index contributed by atoms with van der Waals surface area (Å²) in [5.41, 5.74) is -1.06. The van der Waals surface area contributed by atoms with E-state index >= 15 is 0 Å². The van der Waals surface area contributed by atoms with E-state index < -0.39 is 23.5 Å². The van der Waals surface area contributed by atoms with Gasteiger partial charge >= 0.3 is 65.1 Å². The van der Waals surface area contributed by atoms with Crippen LogP contribution in [0.1, 0.15) is 95.8 Å². The molecule has 28 heavy (non-hydrogen) atoms. The molecule has 0 fully saturated rings. The van der Waals surface area contributed by atoms with E-state index in [1.807, 2.05) is 0 Å². The minimum Gasteiger partial charge on any atom is -0.545 e. The van der Waals surface area contributed by atoms with Crippen LogP contribution >= 0.6 is 0 Å². The molecule has 0 aliphatic carbocycles. The Bertz CT molecular complexity index is 619. The number of unbranched alkanes of at least 4 members (excludes halogenated alkanes) is 8. The minimum absolute atomic E-state index is 0. The Balaban J connectivity index is 0. The number of rotatable bonds is 13. The minimum atomic E-state index is -1.64. The maximum absolute atomic E-state index is 12.0. The number of aromatic carboxylic acids is 2. The molecule has 1 rings (SSSR count). The summed E-state index contributed by atoms with van der Waals surface area (Å²) >= 11 is 0. The van der Waals surface area contributed by atoms with E-state index in [9.17, 15) is 24.6 Å². The number of hydrogen-bond acceptors (Lipinski definition) is 6. The fourth-order valence-corrected chi connectivity index (χ4v) is 2.67. The van der Waals surface area contributed by atoms with E-state index in [2.05, 4.69) is 6.92 Å². The van der Waals surface area contributed by atoms with E-state index in [1.165, 1.54) is 32.1 Å². The van der Waals surface area contributed by atoms with E-state index in [1.54, 1.807) is 0 Å². The van der Waals surface area contributed by atoms with Gasteiger partial charge in [-0.25, -0.2) is 4.79 Å². The average Bonchev–Trinajstić information content (AvgIpc) is 2.62. The van der Waals surface area contributed by atoms with E-state index in [0.29, 0.717) is 6.42 Å². The fraction of sp³-hybridized carbons (Fsp3) is 0.550. The Morgan fingerprint density at radius 2 is 1.32 bits per heavy atom. The second kappa shape index (κ2) is 17.5. The molecule has 6 nitrogen and oxygen atoms in total. The molecule has 0 saturated heterocycles. The molecule has 0 saturated carbocycles. The number of carboxylic acids is 2. The molecule has 144 valence electrons. The normalized spacial score (nSPS) is 9.75. The number of benzene rings is 1. The predicted octanol–water partition coefficient (Wildman–Crippen LogP) is -3.89. The number of carboxylic acid groups (broad SMARTS) is 2. The van der Waals surface area contributed by atoms with Crippen molar-refractivity contribution in [1.82, 2.24) is 0 Å². The van der Waals surface area contributed by atoms with Gasteiger partial charge < -0.3 is 24.5 Å². The molecule has 0 bridgehead atoms. The van der Waals surface area contributed by atoms with Crippen LogP contribution in [0.4, 0.5) is 0 Å². The van der Waals surface area contributed by atoms with Gasteiger partial charge in [0, 0.05) is 5.56 Å². The summed E-state index contributed by atoms with van der Waals surface area (Å²) in [5.74, 6) is -3.96. The Morgan fingerprint density at radius 3 is 1.82 bits per heavy atom. The van der Waals surface area contributed by atoms with Crippen LogP contribution in [0, 0.1) is 0 Å². The smallest absolute Gasteiger partial charge is 0.545 e. The van der Waals surface area contributed by atoms with Gasteiger partial charge in [-0.3, -0.25) is 0 Å². The maximum atomic E-state index is 12.0. The zero-order valence-corrected chi connectivity index (χ0v) is 21.3. The summed E-state index contributed by atoms with van der Waals surface area (Å²) in [5, 5.41) is 21.9. The summed E-state index contributed by atoms with van der Waals surface area (Å²) in [6, 6.07) is 3.06. The van der Waals surface area contributed by atoms with Crippen molar-refractivity contribution in [2.24, 2.45) is 0 Å². The Labute approximate surface area is 211 Å². The van der Waals surface area contributed by atoms with E-state index in [4.69, 9.17) is 4.74 Å². The number of hydrogen-bond donors (Lipinski definition) is 0. The number of ether oxygens (including phenoxy) is 1. The number of carbonyl (C=O) groups excluding carboxylic acids is 3. The van der Waals surface area contributed by atoms with E-state index in [-0.39, 0.29) is 76.8 Å². The van der Waals surface area contributed by atoms with Crippen LogP contribution in [0.15, 0.2) is 18.2 Å². The van der Waals surface area contributed by atoms with Crippen LogP contribution in [-0.4, -0.2) is 24.5 Å². The predicted molar refractivity (Wildman–Crippen MR) is 92.6 cm³/mol. The zero-order chi connectivity index (χ0) is 19.4. The molecule has 1 aromatic rings. The molecule has 0 atom stereocenters. The average molecular weight is 408 g/mol.